The minimum Gasteiger partial charge on any atom is -0.388 e. The second-order valence-electron chi connectivity index (χ2n) is 2.82. The second-order valence-corrected chi connectivity index (χ2v) is 3.45. The van der Waals surface area contributed by atoms with Gasteiger partial charge in [-0.1, -0.05) is 12.1 Å². The third-order valence-corrected chi connectivity index (χ3v) is 2.48. The van der Waals surface area contributed by atoms with Crippen molar-refractivity contribution in [3.05, 3.63) is 35.2 Å². The Labute approximate surface area is 88.2 Å². The van der Waals surface area contributed by atoms with Crippen molar-refractivity contribution in [2.45, 2.75) is 6.92 Å². The van der Waals surface area contributed by atoms with Crippen LogP contribution in [0.5, 0.6) is 0 Å². The average molecular weight is 207 g/mol. The fourth-order valence-electron chi connectivity index (χ4n) is 1.07. The van der Waals surface area contributed by atoms with Crippen molar-refractivity contribution < 1.29 is 0 Å². The first-order valence-electron chi connectivity index (χ1n) is 4.25. The number of nitrogens with zero attached hydrogens (tertiary/aromatic N) is 1. The number of anilines is 1. The lowest BCUT2D eigenvalue weighted by molar-refractivity contribution is 1.26. The zero-order valence-electron chi connectivity index (χ0n) is 8.24. The highest BCUT2D eigenvalue weighted by molar-refractivity contribution is 8.00. The standard InChI is InChI=1S/C10H13N3S/c1-8(7-14-13-11)9-3-5-10(12-2)6-4-9/h3-7,11-12H,1-2H3/b8-7+,13-11?. The number of rotatable bonds is 4. The molecule has 0 atom stereocenters. The van der Waals surface area contributed by atoms with Crippen LogP contribution in [0.1, 0.15) is 12.5 Å². The van der Waals surface area contributed by atoms with Gasteiger partial charge in [0, 0.05) is 24.7 Å². The Balaban J connectivity index is 2.80. The monoisotopic (exact) mass is 207 g/mol. The Morgan fingerprint density at radius 1 is 1.43 bits per heavy atom. The summed E-state index contributed by atoms with van der Waals surface area (Å²) in [6.45, 7) is 2.01. The fourth-order valence-corrected chi connectivity index (χ4v) is 1.42. The van der Waals surface area contributed by atoms with Crippen molar-refractivity contribution in [2.75, 3.05) is 12.4 Å². The number of allylic oxidation sites excluding steroid dienone is 1. The third-order valence-electron chi connectivity index (χ3n) is 1.91. The molecular weight excluding hydrogens is 194 g/mol. The van der Waals surface area contributed by atoms with Crippen molar-refractivity contribution in [3.8, 4) is 0 Å². The van der Waals surface area contributed by atoms with Gasteiger partial charge in [-0.15, -0.1) is 4.52 Å². The van der Waals surface area contributed by atoms with E-state index in [1.807, 2.05) is 43.6 Å². The molecule has 3 nitrogen and oxygen atoms in total. The lowest BCUT2D eigenvalue weighted by Gasteiger charge is -2.03. The maximum atomic E-state index is 6.66. The first kappa shape index (κ1) is 10.8. The van der Waals surface area contributed by atoms with E-state index >= 15 is 0 Å². The van der Waals surface area contributed by atoms with Gasteiger partial charge < -0.3 is 5.32 Å². The molecule has 0 spiro atoms. The van der Waals surface area contributed by atoms with Gasteiger partial charge in [0.25, 0.3) is 0 Å². The first-order valence-corrected chi connectivity index (χ1v) is 5.09. The van der Waals surface area contributed by atoms with Crippen LogP contribution in [0.4, 0.5) is 5.69 Å². The number of hydrogen-bond donors (Lipinski definition) is 2. The van der Waals surface area contributed by atoms with Gasteiger partial charge in [0.1, 0.15) is 0 Å². The summed E-state index contributed by atoms with van der Waals surface area (Å²) in [6.07, 6.45) is 0. The summed E-state index contributed by atoms with van der Waals surface area (Å²) in [6, 6.07) is 8.13. The van der Waals surface area contributed by atoms with E-state index in [0.717, 1.165) is 28.8 Å². The molecule has 2 N–H and O–H groups in total. The Hall–Kier alpha value is -1.29. The van der Waals surface area contributed by atoms with E-state index in [1.165, 1.54) is 0 Å². The van der Waals surface area contributed by atoms with E-state index in [0.29, 0.717) is 0 Å². The minimum atomic E-state index is 1.10. The highest BCUT2D eigenvalue weighted by Crippen LogP contribution is 2.20. The number of benzene rings is 1. The van der Waals surface area contributed by atoms with Gasteiger partial charge in [0.05, 0.1) is 0 Å². The van der Waals surface area contributed by atoms with E-state index in [1.54, 1.807) is 0 Å². The third kappa shape index (κ3) is 2.88. The quantitative estimate of drug-likeness (QED) is 0.583. The molecular formula is C10H13N3S. The minimum absolute atomic E-state index is 1.10. The largest absolute Gasteiger partial charge is 0.388 e. The predicted molar refractivity (Wildman–Crippen MR) is 62.4 cm³/mol. The molecule has 0 aliphatic carbocycles. The number of hydrogen-bond acceptors (Lipinski definition) is 4. The molecule has 4 heteroatoms. The van der Waals surface area contributed by atoms with E-state index in [4.69, 9.17) is 5.53 Å². The van der Waals surface area contributed by atoms with Gasteiger partial charge in [0.15, 0.2) is 0 Å². The molecule has 0 saturated heterocycles. The zero-order chi connectivity index (χ0) is 10.4. The molecule has 1 aromatic rings. The van der Waals surface area contributed by atoms with Crippen molar-refractivity contribution in [1.29, 1.82) is 5.53 Å². The normalized spacial score (nSPS) is 11.1. The van der Waals surface area contributed by atoms with Crippen LogP contribution < -0.4 is 5.32 Å². The zero-order valence-corrected chi connectivity index (χ0v) is 9.06. The van der Waals surface area contributed by atoms with Crippen LogP contribution in [0.2, 0.25) is 0 Å². The summed E-state index contributed by atoms with van der Waals surface area (Å²) in [5, 5.41) is 4.93. The van der Waals surface area contributed by atoms with Crippen LogP contribution in [-0.4, -0.2) is 7.05 Å². The lowest BCUT2D eigenvalue weighted by Crippen LogP contribution is -1.87. The van der Waals surface area contributed by atoms with Crippen LogP contribution in [0.25, 0.3) is 5.57 Å². The molecule has 0 amide bonds. The van der Waals surface area contributed by atoms with Gasteiger partial charge in [-0.05, 0) is 35.6 Å². The summed E-state index contributed by atoms with van der Waals surface area (Å²) >= 11 is 1.14. The molecule has 0 bridgehead atoms. The molecule has 0 aliphatic heterocycles. The smallest absolute Gasteiger partial charge is 0.0337 e. The summed E-state index contributed by atoms with van der Waals surface area (Å²) in [5.41, 5.74) is 10.0. The molecule has 0 unspecified atom stereocenters. The highest BCUT2D eigenvalue weighted by atomic mass is 32.2. The number of nitrogens with one attached hydrogen (secondary N) is 2. The predicted octanol–water partition coefficient (Wildman–Crippen LogP) is 3.77. The Morgan fingerprint density at radius 3 is 2.57 bits per heavy atom. The van der Waals surface area contributed by atoms with Gasteiger partial charge in [0.2, 0.25) is 0 Å². The topological polar surface area (TPSA) is 48.2 Å². The first-order chi connectivity index (χ1) is 6.77. The molecule has 0 radical (unpaired) electrons. The molecule has 0 fully saturated rings. The summed E-state index contributed by atoms with van der Waals surface area (Å²) in [7, 11) is 1.90. The molecule has 1 aromatic carbocycles. The lowest BCUT2D eigenvalue weighted by atomic mass is 10.1. The van der Waals surface area contributed by atoms with Gasteiger partial charge >= 0.3 is 0 Å². The maximum Gasteiger partial charge on any atom is 0.0337 e. The van der Waals surface area contributed by atoms with Crippen LogP contribution in [0.15, 0.2) is 34.2 Å². The molecule has 14 heavy (non-hydrogen) atoms. The average Bonchev–Trinajstić information content (AvgIpc) is 2.26. The van der Waals surface area contributed by atoms with E-state index < -0.39 is 0 Å². The van der Waals surface area contributed by atoms with Gasteiger partial charge in [-0.2, -0.15) is 5.53 Å². The summed E-state index contributed by atoms with van der Waals surface area (Å²) in [5.74, 6) is 0. The highest BCUT2D eigenvalue weighted by Gasteiger charge is 1.95. The van der Waals surface area contributed by atoms with Crippen molar-refractivity contribution in [3.63, 3.8) is 0 Å². The second kappa shape index (κ2) is 5.44. The van der Waals surface area contributed by atoms with Crippen LogP contribution in [0.3, 0.4) is 0 Å². The Bertz CT molecular complexity index is 330. The van der Waals surface area contributed by atoms with Crippen LogP contribution in [-0.2, 0) is 0 Å². The maximum absolute atomic E-state index is 6.66. The summed E-state index contributed by atoms with van der Waals surface area (Å²) < 4.78 is 3.21. The molecule has 0 heterocycles. The van der Waals surface area contributed by atoms with E-state index in [2.05, 4.69) is 9.84 Å². The fraction of sp³-hybridized carbons (Fsp3) is 0.200. The van der Waals surface area contributed by atoms with Crippen molar-refractivity contribution in [1.82, 2.24) is 0 Å². The van der Waals surface area contributed by atoms with Gasteiger partial charge in [-0.3, -0.25) is 0 Å². The molecule has 74 valence electrons. The van der Waals surface area contributed by atoms with Gasteiger partial charge in [-0.25, -0.2) is 0 Å². The molecule has 0 aliphatic rings. The van der Waals surface area contributed by atoms with E-state index in [9.17, 15) is 0 Å². The van der Waals surface area contributed by atoms with Crippen molar-refractivity contribution >= 4 is 23.2 Å². The Kier molecular flexibility index (Phi) is 4.19. The SMILES string of the molecule is CNc1ccc(/C(C)=C/SN=N)cc1. The molecule has 0 saturated carbocycles. The van der Waals surface area contributed by atoms with Crippen molar-refractivity contribution in [2.24, 2.45) is 4.52 Å². The molecule has 0 aromatic heterocycles. The van der Waals surface area contributed by atoms with Crippen LogP contribution >= 0.6 is 11.9 Å². The Morgan fingerprint density at radius 2 is 2.07 bits per heavy atom. The molecule has 1 rings (SSSR count). The van der Waals surface area contributed by atoms with E-state index in [-0.39, 0.29) is 0 Å². The van der Waals surface area contributed by atoms with Crippen LogP contribution in [0, 0.1) is 5.53 Å². The summed E-state index contributed by atoms with van der Waals surface area (Å²) in [4.78, 5) is 0.